The van der Waals surface area contributed by atoms with Crippen molar-refractivity contribution in [3.05, 3.63) is 77.9 Å². The van der Waals surface area contributed by atoms with Gasteiger partial charge in [0, 0.05) is 17.2 Å². The van der Waals surface area contributed by atoms with Crippen LogP contribution in [0.25, 0.3) is 10.8 Å². The fraction of sp³-hybridized carbons (Fsp3) is 0.250. The molecule has 3 atom stereocenters. The fourth-order valence-electron chi connectivity index (χ4n) is 4.82. The van der Waals surface area contributed by atoms with E-state index in [0.717, 1.165) is 21.9 Å². The quantitative estimate of drug-likeness (QED) is 0.833. The lowest BCUT2D eigenvalue weighted by atomic mass is 9.53. The van der Waals surface area contributed by atoms with E-state index in [4.69, 9.17) is 0 Å². The Balaban J connectivity index is 2.03. The molecule has 0 radical (unpaired) electrons. The summed E-state index contributed by atoms with van der Waals surface area (Å²) in [7, 11) is 0. The summed E-state index contributed by atoms with van der Waals surface area (Å²) in [5.74, 6) is -0.433. The van der Waals surface area contributed by atoms with E-state index in [1.165, 1.54) is 6.08 Å². The molecular formula is C24H22O3. The van der Waals surface area contributed by atoms with Crippen LogP contribution in [-0.4, -0.2) is 16.7 Å². The number of benzene rings is 2. The van der Waals surface area contributed by atoms with Crippen LogP contribution in [0.1, 0.15) is 31.7 Å². The second-order valence-corrected chi connectivity index (χ2v) is 7.69. The second-order valence-electron chi connectivity index (χ2n) is 7.69. The fourth-order valence-corrected chi connectivity index (χ4v) is 4.82. The molecule has 1 N–H and O–H groups in total. The van der Waals surface area contributed by atoms with E-state index >= 15 is 0 Å². The zero-order valence-corrected chi connectivity index (χ0v) is 15.5. The number of fused-ring (bicyclic) bond motifs is 2. The van der Waals surface area contributed by atoms with Crippen LogP contribution in [0, 0.1) is 11.3 Å². The molecule has 136 valence electrons. The number of phenolic OH excluding ortho intramolecular Hbond substituents is 1. The average molecular weight is 358 g/mol. The second kappa shape index (κ2) is 6.05. The Morgan fingerprint density at radius 1 is 1.15 bits per heavy atom. The molecule has 0 bridgehead atoms. The van der Waals surface area contributed by atoms with E-state index in [1.807, 2.05) is 43.3 Å². The molecule has 0 spiro atoms. The molecule has 2 aromatic carbocycles. The molecule has 4 rings (SSSR count). The van der Waals surface area contributed by atoms with Crippen molar-refractivity contribution in [3.63, 3.8) is 0 Å². The number of hydrogen-bond acceptors (Lipinski definition) is 3. The van der Waals surface area contributed by atoms with Crippen molar-refractivity contribution in [1.82, 2.24) is 0 Å². The Morgan fingerprint density at radius 3 is 2.56 bits per heavy atom. The van der Waals surface area contributed by atoms with Crippen molar-refractivity contribution in [2.24, 2.45) is 11.3 Å². The highest BCUT2D eigenvalue weighted by Gasteiger charge is 2.54. The zero-order valence-electron chi connectivity index (χ0n) is 15.5. The summed E-state index contributed by atoms with van der Waals surface area (Å²) in [5, 5.41) is 11.9. The zero-order chi connectivity index (χ0) is 19.3. The van der Waals surface area contributed by atoms with Crippen molar-refractivity contribution in [1.29, 1.82) is 0 Å². The Morgan fingerprint density at radius 2 is 1.85 bits per heavy atom. The van der Waals surface area contributed by atoms with E-state index in [2.05, 4.69) is 6.58 Å². The van der Waals surface area contributed by atoms with Gasteiger partial charge in [-0.3, -0.25) is 9.59 Å². The van der Waals surface area contributed by atoms with Crippen LogP contribution in [0.4, 0.5) is 0 Å². The van der Waals surface area contributed by atoms with E-state index in [0.29, 0.717) is 12.0 Å². The number of phenols is 1. The van der Waals surface area contributed by atoms with Crippen LogP contribution < -0.4 is 0 Å². The van der Waals surface area contributed by atoms with Gasteiger partial charge in [0.05, 0.1) is 5.41 Å². The van der Waals surface area contributed by atoms with Crippen LogP contribution in [0.5, 0.6) is 5.75 Å². The molecule has 0 aliphatic heterocycles. The minimum Gasteiger partial charge on any atom is -0.507 e. The first-order valence-electron chi connectivity index (χ1n) is 9.19. The standard InChI is InChI=1S/C24H22O3/c1-4-15-9-11-19-23(27)14(2)13-21(26)24(19,3)22(15)18-10-12-20(25)17-8-6-5-7-16(17)18/h4-10,12-13,19,22,25H,1,11H2,2-3H3. The van der Waals surface area contributed by atoms with Gasteiger partial charge in [0.2, 0.25) is 0 Å². The first-order chi connectivity index (χ1) is 12.9. The van der Waals surface area contributed by atoms with Gasteiger partial charge >= 0.3 is 0 Å². The Bertz CT molecular complexity index is 1060. The van der Waals surface area contributed by atoms with E-state index in [9.17, 15) is 14.7 Å². The SMILES string of the molecule is C=CC1=CCC2C(=O)C(C)=CC(=O)C2(C)C1c1ccc(O)c2ccccc12. The predicted octanol–water partition coefficient (Wildman–Crippen LogP) is 4.87. The third-order valence-electron chi connectivity index (χ3n) is 6.31. The monoisotopic (exact) mass is 358 g/mol. The molecule has 0 saturated carbocycles. The van der Waals surface area contributed by atoms with Gasteiger partial charge in [-0.1, -0.05) is 56.0 Å². The molecule has 2 aliphatic rings. The van der Waals surface area contributed by atoms with Crippen molar-refractivity contribution in [3.8, 4) is 5.75 Å². The molecule has 2 aliphatic carbocycles. The molecule has 3 unspecified atom stereocenters. The van der Waals surface area contributed by atoms with Gasteiger partial charge in [0.1, 0.15) is 5.75 Å². The van der Waals surface area contributed by atoms with Gasteiger partial charge < -0.3 is 5.11 Å². The summed E-state index contributed by atoms with van der Waals surface area (Å²) in [6, 6.07) is 11.2. The molecule has 0 heterocycles. The maximum absolute atomic E-state index is 13.2. The molecule has 3 heteroatoms. The number of rotatable bonds is 2. The third-order valence-corrected chi connectivity index (χ3v) is 6.31. The summed E-state index contributed by atoms with van der Waals surface area (Å²) in [4.78, 5) is 26.1. The van der Waals surface area contributed by atoms with E-state index < -0.39 is 5.41 Å². The van der Waals surface area contributed by atoms with Crippen molar-refractivity contribution in [2.45, 2.75) is 26.2 Å². The lowest BCUT2D eigenvalue weighted by Gasteiger charge is -2.47. The maximum atomic E-state index is 13.2. The van der Waals surface area contributed by atoms with Crippen LogP contribution >= 0.6 is 0 Å². The van der Waals surface area contributed by atoms with Gasteiger partial charge in [-0.2, -0.15) is 0 Å². The molecule has 0 saturated heterocycles. The number of Topliss-reactive ketones (excluding diaryl/α,β-unsaturated/α-hetero) is 1. The minimum atomic E-state index is -0.866. The van der Waals surface area contributed by atoms with Crippen molar-refractivity contribution in [2.75, 3.05) is 0 Å². The highest BCUT2D eigenvalue weighted by molar-refractivity contribution is 6.13. The van der Waals surface area contributed by atoms with Crippen LogP contribution in [0.3, 0.4) is 0 Å². The Kier molecular flexibility index (Phi) is 3.92. The van der Waals surface area contributed by atoms with Gasteiger partial charge in [-0.15, -0.1) is 0 Å². The molecule has 2 aromatic rings. The summed E-state index contributed by atoms with van der Waals surface area (Å²) in [6.45, 7) is 7.58. The largest absolute Gasteiger partial charge is 0.507 e. The van der Waals surface area contributed by atoms with Gasteiger partial charge in [-0.05, 0) is 47.6 Å². The topological polar surface area (TPSA) is 54.4 Å². The molecule has 3 nitrogen and oxygen atoms in total. The maximum Gasteiger partial charge on any atom is 0.163 e. The van der Waals surface area contributed by atoms with Gasteiger partial charge in [0.25, 0.3) is 0 Å². The van der Waals surface area contributed by atoms with Crippen LogP contribution in [0.15, 0.2) is 72.4 Å². The number of allylic oxidation sites excluding steroid dienone is 5. The predicted molar refractivity (Wildman–Crippen MR) is 107 cm³/mol. The minimum absolute atomic E-state index is 0.0146. The molecule has 0 fully saturated rings. The number of hydrogen-bond donors (Lipinski definition) is 1. The summed E-state index contributed by atoms with van der Waals surface area (Å²) in [6.07, 6.45) is 5.87. The molecule has 27 heavy (non-hydrogen) atoms. The van der Waals surface area contributed by atoms with Gasteiger partial charge in [0.15, 0.2) is 11.6 Å². The third kappa shape index (κ3) is 2.34. The van der Waals surface area contributed by atoms with Crippen LogP contribution in [-0.2, 0) is 9.59 Å². The summed E-state index contributed by atoms with van der Waals surface area (Å²) in [5.41, 5.74) is 1.57. The van der Waals surface area contributed by atoms with Gasteiger partial charge in [-0.25, -0.2) is 0 Å². The molecule has 0 aromatic heterocycles. The highest BCUT2D eigenvalue weighted by Crippen LogP contribution is 2.55. The van der Waals surface area contributed by atoms with Crippen molar-refractivity contribution < 1.29 is 14.7 Å². The first-order valence-corrected chi connectivity index (χ1v) is 9.19. The molecule has 0 amide bonds. The number of ketones is 2. The summed E-state index contributed by atoms with van der Waals surface area (Å²) >= 11 is 0. The van der Waals surface area contributed by atoms with Crippen molar-refractivity contribution >= 4 is 22.3 Å². The summed E-state index contributed by atoms with van der Waals surface area (Å²) < 4.78 is 0. The van der Waals surface area contributed by atoms with Crippen LogP contribution in [0.2, 0.25) is 0 Å². The average Bonchev–Trinajstić information content (AvgIpc) is 2.67. The van der Waals surface area contributed by atoms with E-state index in [-0.39, 0.29) is 29.2 Å². The first kappa shape index (κ1) is 17.5. The Hall–Kier alpha value is -2.94. The van der Waals surface area contributed by atoms with E-state index in [1.54, 1.807) is 19.1 Å². The number of carbonyl (C=O) groups is 2. The number of aromatic hydroxyl groups is 1. The smallest absolute Gasteiger partial charge is 0.163 e. The normalized spacial score (nSPS) is 27.8. The molecular weight excluding hydrogens is 336 g/mol. The number of carbonyl (C=O) groups excluding carboxylic acids is 2. The lowest BCUT2D eigenvalue weighted by molar-refractivity contribution is -0.137. The Labute approximate surface area is 158 Å². The highest BCUT2D eigenvalue weighted by atomic mass is 16.3. The lowest BCUT2D eigenvalue weighted by Crippen LogP contribution is -2.49.